The third kappa shape index (κ3) is 9.26. The summed E-state index contributed by atoms with van der Waals surface area (Å²) < 4.78 is 48.0. The molecule has 5 N–H and O–H groups in total. The number of fused-ring (bicyclic) bond motifs is 1. The Morgan fingerprint density at radius 1 is 0.873 bits per heavy atom. The van der Waals surface area contributed by atoms with Crippen molar-refractivity contribution in [3.63, 3.8) is 0 Å². The number of piperidine rings is 3. The number of benzene rings is 3. The molecule has 1 aromatic heterocycles. The van der Waals surface area contributed by atoms with Gasteiger partial charge in [-0.15, -0.1) is 0 Å². The number of ether oxygens (including phenoxy) is 1. The lowest BCUT2D eigenvalue weighted by atomic mass is 9.94. The van der Waals surface area contributed by atoms with Gasteiger partial charge in [-0.25, -0.2) is 4.98 Å². The highest BCUT2D eigenvalue weighted by Gasteiger charge is 2.45. The third-order valence-electron chi connectivity index (χ3n) is 12.1. The van der Waals surface area contributed by atoms with Gasteiger partial charge in [0, 0.05) is 75.4 Å². The zero-order valence-electron chi connectivity index (χ0n) is 34.8. The van der Waals surface area contributed by atoms with Crippen LogP contribution in [0.3, 0.4) is 0 Å². The molecule has 3 fully saturated rings. The minimum Gasteiger partial charge on any atom is -0.494 e. The lowest BCUT2D eigenvalue weighted by Crippen LogP contribution is -2.54. The van der Waals surface area contributed by atoms with E-state index in [1.807, 2.05) is 18.2 Å². The van der Waals surface area contributed by atoms with Gasteiger partial charge < -0.3 is 35.8 Å². The monoisotopic (exact) mass is 867 g/mol. The number of halogens is 3. The van der Waals surface area contributed by atoms with Gasteiger partial charge in [-0.1, -0.05) is 12.1 Å². The van der Waals surface area contributed by atoms with Gasteiger partial charge in [0.2, 0.25) is 11.8 Å². The van der Waals surface area contributed by atoms with Crippen LogP contribution in [0.1, 0.15) is 75.2 Å². The number of methoxy groups -OCH3 is 1. The number of nitrogens with one attached hydrogen (secondary N) is 5. The van der Waals surface area contributed by atoms with E-state index in [9.17, 15) is 37.1 Å². The average molecular weight is 868 g/mol. The number of carbonyl (C=O) groups excluding carboxylic acids is 5. The summed E-state index contributed by atoms with van der Waals surface area (Å²) >= 11 is 0. The van der Waals surface area contributed by atoms with Crippen LogP contribution < -0.4 is 36.2 Å². The molecule has 8 rings (SSSR count). The van der Waals surface area contributed by atoms with E-state index in [4.69, 9.17) is 4.74 Å². The Morgan fingerprint density at radius 2 is 1.65 bits per heavy atom. The van der Waals surface area contributed by atoms with Crippen LogP contribution >= 0.6 is 0 Å². The van der Waals surface area contributed by atoms with E-state index < -0.39 is 47.3 Å². The van der Waals surface area contributed by atoms with Crippen molar-refractivity contribution in [3.05, 3.63) is 95.2 Å². The number of anilines is 6. The lowest BCUT2D eigenvalue weighted by Gasteiger charge is -2.39. The highest BCUT2D eigenvalue weighted by Crippen LogP contribution is 2.39. The largest absolute Gasteiger partial charge is 0.494 e. The molecule has 4 aliphatic rings. The first-order valence-corrected chi connectivity index (χ1v) is 21.0. The van der Waals surface area contributed by atoms with Gasteiger partial charge in [0.25, 0.3) is 17.7 Å². The van der Waals surface area contributed by atoms with Crippen molar-refractivity contribution >= 4 is 63.8 Å². The molecule has 5 amide bonds. The molecule has 63 heavy (non-hydrogen) atoms. The van der Waals surface area contributed by atoms with Crippen molar-refractivity contribution in [2.24, 2.45) is 5.92 Å². The van der Waals surface area contributed by atoms with Crippen LogP contribution in [0.15, 0.2) is 72.9 Å². The molecule has 4 aromatic rings. The number of imide groups is 2. The Labute approximate surface area is 361 Å². The standard InChI is InChI=1S/C45H48F3N9O6/c1-49-41(59)31-7-3-4-8-34(31)52-36-22-39(50-23-33(36)45(46,47)48)53-35-12-10-29(21-38(35)63-2)56-18-15-26(16-19-56)24-55-17-5-6-28(25-55)51-27-9-11-30-32(20-27)44(62)57(43(30)61)37-13-14-40(58)54-42(37)60/h3-4,7-12,20-23,26,28,37,51H,5-6,13-19,24-25H2,1-2H3,(H,49,59)(H2,50,52,53)(H,54,58,60)/t28-,37?/m1/s1. The number of alkyl halides is 3. The fourth-order valence-electron chi connectivity index (χ4n) is 8.92. The predicted molar refractivity (Wildman–Crippen MR) is 230 cm³/mol. The molecule has 330 valence electrons. The molecule has 18 heteroatoms. The second kappa shape index (κ2) is 18.0. The number of para-hydroxylation sites is 1. The Kier molecular flexibility index (Phi) is 12.3. The van der Waals surface area contributed by atoms with Gasteiger partial charge in [-0.3, -0.25) is 34.2 Å². The summed E-state index contributed by atoms with van der Waals surface area (Å²) in [6, 6.07) is 17.5. The average Bonchev–Trinajstić information content (AvgIpc) is 3.51. The molecule has 2 atom stereocenters. The quantitative estimate of drug-likeness (QED) is 0.103. The number of rotatable bonds is 12. The molecule has 0 bridgehead atoms. The first-order valence-electron chi connectivity index (χ1n) is 21.0. The Balaban J connectivity index is 0.859. The molecule has 5 heterocycles. The van der Waals surface area contributed by atoms with E-state index >= 15 is 0 Å². The first-order chi connectivity index (χ1) is 30.3. The van der Waals surface area contributed by atoms with E-state index in [2.05, 4.69) is 41.4 Å². The SMILES string of the molecule is CNC(=O)c1ccccc1Nc1cc(Nc2ccc(N3CCC(CN4CCC[C@@H](Nc5ccc6c(c5)C(=O)N(C5CCC(=O)NC5=O)C6=O)C4)CC3)cc2OC)ncc1C(F)(F)F. The van der Waals surface area contributed by atoms with Crippen LogP contribution in [0.2, 0.25) is 0 Å². The molecule has 15 nitrogen and oxygen atoms in total. The van der Waals surface area contributed by atoms with E-state index in [1.165, 1.54) is 32.4 Å². The van der Waals surface area contributed by atoms with Crippen molar-refractivity contribution in [1.82, 2.24) is 25.4 Å². The maximum absolute atomic E-state index is 14.1. The van der Waals surface area contributed by atoms with Crippen molar-refractivity contribution in [2.45, 2.75) is 56.8 Å². The molecule has 0 radical (unpaired) electrons. The normalized spacial score (nSPS) is 19.7. The number of amides is 5. The number of hydrogen-bond donors (Lipinski definition) is 5. The minimum atomic E-state index is -4.71. The van der Waals surface area contributed by atoms with Crippen molar-refractivity contribution in [3.8, 4) is 5.75 Å². The smallest absolute Gasteiger partial charge is 0.419 e. The van der Waals surface area contributed by atoms with Crippen molar-refractivity contribution in [2.75, 3.05) is 67.7 Å². The number of pyridine rings is 1. The highest BCUT2D eigenvalue weighted by molar-refractivity contribution is 6.23. The zero-order valence-corrected chi connectivity index (χ0v) is 34.8. The van der Waals surface area contributed by atoms with Gasteiger partial charge in [0.1, 0.15) is 17.6 Å². The topological polar surface area (TPSA) is 177 Å². The number of aromatic nitrogens is 1. The van der Waals surface area contributed by atoms with Crippen LogP contribution in [0.25, 0.3) is 0 Å². The number of hydrogen-bond acceptors (Lipinski definition) is 12. The second-order valence-electron chi connectivity index (χ2n) is 16.3. The van der Waals surface area contributed by atoms with Crippen LogP contribution in [-0.4, -0.2) is 103 Å². The fraction of sp³-hybridized carbons (Fsp3) is 0.378. The number of carbonyl (C=O) groups is 5. The van der Waals surface area contributed by atoms with Crippen LogP contribution in [0.4, 0.5) is 47.4 Å². The summed E-state index contributed by atoms with van der Waals surface area (Å²) in [5, 5.41) is 14.2. The van der Waals surface area contributed by atoms with Gasteiger partial charge in [0.15, 0.2) is 0 Å². The maximum Gasteiger partial charge on any atom is 0.419 e. The maximum atomic E-state index is 14.1. The molecule has 4 aliphatic heterocycles. The van der Waals surface area contributed by atoms with Gasteiger partial charge in [0.05, 0.1) is 46.4 Å². The van der Waals surface area contributed by atoms with E-state index in [-0.39, 0.29) is 52.8 Å². The third-order valence-corrected chi connectivity index (χ3v) is 12.1. The molecular formula is C45H48F3N9O6. The summed E-state index contributed by atoms with van der Waals surface area (Å²) in [5.74, 6) is -1.43. The lowest BCUT2D eigenvalue weighted by molar-refractivity contribution is -0.137. The summed E-state index contributed by atoms with van der Waals surface area (Å²) in [5.41, 5.74) is 1.84. The fourth-order valence-corrected chi connectivity index (χ4v) is 8.92. The summed E-state index contributed by atoms with van der Waals surface area (Å²) in [6.07, 6.45) is 0.138. The number of nitrogens with zero attached hydrogens (tertiary/aromatic N) is 4. The summed E-state index contributed by atoms with van der Waals surface area (Å²) in [4.78, 5) is 72.8. The van der Waals surface area contributed by atoms with Gasteiger partial charge >= 0.3 is 6.18 Å². The van der Waals surface area contributed by atoms with E-state index in [1.54, 1.807) is 30.3 Å². The van der Waals surface area contributed by atoms with E-state index in [0.29, 0.717) is 17.4 Å². The van der Waals surface area contributed by atoms with E-state index in [0.717, 1.165) is 80.9 Å². The molecule has 3 aromatic carbocycles. The Morgan fingerprint density at radius 3 is 2.40 bits per heavy atom. The predicted octanol–water partition coefficient (Wildman–Crippen LogP) is 6.15. The molecular weight excluding hydrogens is 820 g/mol. The van der Waals surface area contributed by atoms with Gasteiger partial charge in [-0.2, -0.15) is 13.2 Å². The van der Waals surface area contributed by atoms with Crippen LogP contribution in [0.5, 0.6) is 5.75 Å². The van der Waals surface area contributed by atoms with Crippen molar-refractivity contribution < 1.29 is 41.9 Å². The number of likely N-dealkylation sites (tertiary alicyclic amines) is 1. The van der Waals surface area contributed by atoms with Gasteiger partial charge in [-0.05, 0) is 87.0 Å². The Bertz CT molecular complexity index is 2440. The first kappa shape index (κ1) is 43.0. The molecule has 0 aliphatic carbocycles. The molecule has 3 saturated heterocycles. The molecule has 1 unspecified atom stereocenters. The zero-order chi connectivity index (χ0) is 44.4. The van der Waals surface area contributed by atoms with Crippen molar-refractivity contribution in [1.29, 1.82) is 0 Å². The minimum absolute atomic E-state index is 0.0641. The highest BCUT2D eigenvalue weighted by atomic mass is 19.4. The molecule has 0 saturated carbocycles. The van der Waals surface area contributed by atoms with Crippen LogP contribution in [-0.2, 0) is 15.8 Å². The second-order valence-corrected chi connectivity index (χ2v) is 16.3. The summed E-state index contributed by atoms with van der Waals surface area (Å²) in [6.45, 7) is 4.43. The Hall–Kier alpha value is -6.69. The van der Waals surface area contributed by atoms with Crippen LogP contribution in [0, 0.1) is 5.92 Å². The summed E-state index contributed by atoms with van der Waals surface area (Å²) in [7, 11) is 2.98. The molecule has 0 spiro atoms.